The van der Waals surface area contributed by atoms with Gasteiger partial charge in [0.2, 0.25) is 0 Å². The Kier molecular flexibility index (Phi) is 4.06. The molecule has 78 valence electrons. The second-order valence-corrected chi connectivity index (χ2v) is 3.39. The number of halogens is 1. The molecule has 0 aliphatic carbocycles. The number of nitrogens with one attached hydrogen (secondary N) is 1. The number of aromatic nitrogens is 1. The summed E-state index contributed by atoms with van der Waals surface area (Å²) in [7, 11) is 0. The van der Waals surface area contributed by atoms with Gasteiger partial charge in [0.1, 0.15) is 0 Å². The molecule has 15 heavy (non-hydrogen) atoms. The predicted molar refractivity (Wildman–Crippen MR) is 59.0 cm³/mol. The van der Waals surface area contributed by atoms with Crippen LogP contribution >= 0.6 is 15.9 Å². The van der Waals surface area contributed by atoms with Gasteiger partial charge in [0.05, 0.1) is 4.92 Å². The first-order chi connectivity index (χ1) is 7.15. The molecule has 0 bridgehead atoms. The summed E-state index contributed by atoms with van der Waals surface area (Å²) in [5, 5.41) is 11.2. The summed E-state index contributed by atoms with van der Waals surface area (Å²) in [6, 6.07) is 1.17. The average molecular weight is 271 g/mol. The molecule has 0 fully saturated rings. The number of H-pyrrole nitrogens is 1. The van der Waals surface area contributed by atoms with E-state index in [1.165, 1.54) is 12.3 Å². The number of alkyl halides is 1. The van der Waals surface area contributed by atoms with Crippen LogP contribution in [0.4, 0.5) is 5.69 Å². The fourth-order valence-electron chi connectivity index (χ4n) is 0.891. The Hall–Kier alpha value is -1.61. The van der Waals surface area contributed by atoms with Crippen LogP contribution in [-0.4, -0.2) is 15.2 Å². The summed E-state index contributed by atoms with van der Waals surface area (Å²) >= 11 is 3.20. The van der Waals surface area contributed by atoms with Gasteiger partial charge in [-0.2, -0.15) is 0 Å². The van der Waals surface area contributed by atoms with Gasteiger partial charge in [0.25, 0.3) is 0 Å². The highest BCUT2D eigenvalue weighted by Gasteiger charge is 2.11. The smallest absolute Gasteiger partial charge is 0.322 e. The molecule has 0 aliphatic rings. The summed E-state index contributed by atoms with van der Waals surface area (Å²) < 4.78 is 0. The SMILES string of the molecule is O=c1[nH]cc(C#CCCBr)cc1[N+](=O)[O-]. The van der Waals surface area contributed by atoms with Crippen molar-refractivity contribution in [1.82, 2.24) is 4.98 Å². The lowest BCUT2D eigenvalue weighted by Gasteiger charge is -1.91. The lowest BCUT2D eigenvalue weighted by molar-refractivity contribution is -0.386. The Labute approximate surface area is 93.8 Å². The van der Waals surface area contributed by atoms with Crippen LogP contribution in [0.25, 0.3) is 0 Å². The summed E-state index contributed by atoms with van der Waals surface area (Å²) in [5.74, 6) is 5.51. The third kappa shape index (κ3) is 3.22. The third-order valence-electron chi connectivity index (χ3n) is 1.53. The maximum Gasteiger partial charge on any atom is 0.335 e. The van der Waals surface area contributed by atoms with Crippen LogP contribution in [0.15, 0.2) is 17.1 Å². The molecule has 0 aromatic carbocycles. The van der Waals surface area contributed by atoms with Gasteiger partial charge in [0, 0.05) is 29.6 Å². The van der Waals surface area contributed by atoms with Crippen LogP contribution in [0.5, 0.6) is 0 Å². The fourth-order valence-corrected chi connectivity index (χ4v) is 1.09. The topological polar surface area (TPSA) is 76.0 Å². The van der Waals surface area contributed by atoms with Crippen molar-refractivity contribution in [2.75, 3.05) is 5.33 Å². The fraction of sp³-hybridized carbons (Fsp3) is 0.222. The van der Waals surface area contributed by atoms with Crippen LogP contribution in [-0.2, 0) is 0 Å². The van der Waals surface area contributed by atoms with Crippen molar-refractivity contribution in [3.05, 3.63) is 38.3 Å². The van der Waals surface area contributed by atoms with Crippen molar-refractivity contribution in [3.8, 4) is 11.8 Å². The lowest BCUT2D eigenvalue weighted by atomic mass is 10.2. The number of hydrogen-bond donors (Lipinski definition) is 1. The maximum atomic E-state index is 11.0. The Morgan fingerprint density at radius 1 is 1.60 bits per heavy atom. The minimum atomic E-state index is -0.728. The van der Waals surface area contributed by atoms with E-state index >= 15 is 0 Å². The molecule has 0 atom stereocenters. The molecule has 5 nitrogen and oxygen atoms in total. The average Bonchev–Trinajstić information content (AvgIpc) is 2.20. The zero-order valence-electron chi connectivity index (χ0n) is 7.62. The number of nitrogens with zero attached hydrogens (tertiary/aromatic N) is 1. The van der Waals surface area contributed by atoms with Gasteiger partial charge in [-0.05, 0) is 0 Å². The molecule has 1 heterocycles. The molecule has 0 radical (unpaired) electrons. The summed E-state index contributed by atoms with van der Waals surface area (Å²) in [4.78, 5) is 23.0. The molecule has 1 rings (SSSR count). The van der Waals surface area contributed by atoms with Gasteiger partial charge in [-0.15, -0.1) is 0 Å². The monoisotopic (exact) mass is 270 g/mol. The van der Waals surface area contributed by atoms with E-state index in [2.05, 4.69) is 32.8 Å². The van der Waals surface area contributed by atoms with Crippen LogP contribution in [0, 0.1) is 22.0 Å². The van der Waals surface area contributed by atoms with Gasteiger partial charge in [-0.25, -0.2) is 0 Å². The van der Waals surface area contributed by atoms with Crippen molar-refractivity contribution in [2.45, 2.75) is 6.42 Å². The van der Waals surface area contributed by atoms with Crippen LogP contribution < -0.4 is 5.56 Å². The van der Waals surface area contributed by atoms with Crippen LogP contribution in [0.3, 0.4) is 0 Å². The largest absolute Gasteiger partial charge is 0.335 e. The summed E-state index contributed by atoms with van der Waals surface area (Å²) in [5.41, 5.74) is -0.770. The van der Waals surface area contributed by atoms with Crippen molar-refractivity contribution in [1.29, 1.82) is 0 Å². The predicted octanol–water partition coefficient (Wildman–Crippen LogP) is 1.42. The Balaban J connectivity index is 3.05. The van der Waals surface area contributed by atoms with Crippen molar-refractivity contribution >= 4 is 21.6 Å². The number of hydrogen-bond acceptors (Lipinski definition) is 3. The number of nitro groups is 1. The Morgan fingerprint density at radius 2 is 2.33 bits per heavy atom. The molecule has 0 amide bonds. The first-order valence-corrected chi connectivity index (χ1v) is 5.19. The van der Waals surface area contributed by atoms with Gasteiger partial charge >= 0.3 is 11.2 Å². The molecule has 6 heteroatoms. The zero-order chi connectivity index (χ0) is 11.3. The Morgan fingerprint density at radius 3 is 2.93 bits per heavy atom. The van der Waals surface area contributed by atoms with Gasteiger partial charge < -0.3 is 4.98 Å². The van der Waals surface area contributed by atoms with Crippen LogP contribution in [0.1, 0.15) is 12.0 Å². The molecular formula is C9H7BrN2O3. The second kappa shape index (κ2) is 5.32. The number of rotatable bonds is 2. The van der Waals surface area contributed by atoms with Crippen molar-refractivity contribution in [3.63, 3.8) is 0 Å². The van der Waals surface area contributed by atoms with E-state index in [0.717, 1.165) is 5.33 Å². The lowest BCUT2D eigenvalue weighted by Crippen LogP contribution is -2.10. The zero-order valence-corrected chi connectivity index (χ0v) is 9.20. The molecule has 0 saturated carbocycles. The minimum Gasteiger partial charge on any atom is -0.322 e. The summed E-state index contributed by atoms with van der Waals surface area (Å²) in [6.45, 7) is 0. The van der Waals surface area contributed by atoms with Gasteiger partial charge in [0.15, 0.2) is 0 Å². The van der Waals surface area contributed by atoms with Gasteiger partial charge in [-0.3, -0.25) is 14.9 Å². The van der Waals surface area contributed by atoms with Crippen molar-refractivity contribution < 1.29 is 4.92 Å². The third-order valence-corrected chi connectivity index (χ3v) is 1.93. The first kappa shape index (κ1) is 11.5. The first-order valence-electron chi connectivity index (χ1n) is 4.07. The molecule has 0 aliphatic heterocycles. The molecule has 0 spiro atoms. The highest BCUT2D eigenvalue weighted by atomic mass is 79.9. The van der Waals surface area contributed by atoms with E-state index in [-0.39, 0.29) is 0 Å². The quantitative estimate of drug-likeness (QED) is 0.382. The number of pyridine rings is 1. The highest BCUT2D eigenvalue weighted by molar-refractivity contribution is 9.09. The van der Waals surface area contributed by atoms with E-state index in [0.29, 0.717) is 12.0 Å². The van der Waals surface area contributed by atoms with Gasteiger partial charge in [-0.1, -0.05) is 27.8 Å². The molecule has 1 N–H and O–H groups in total. The molecular weight excluding hydrogens is 264 g/mol. The molecule has 1 aromatic rings. The minimum absolute atomic E-state index is 0.433. The van der Waals surface area contributed by atoms with E-state index in [1.54, 1.807) is 0 Å². The van der Waals surface area contributed by atoms with Crippen LogP contribution in [0.2, 0.25) is 0 Å². The standard InChI is InChI=1S/C9H7BrN2O3/c10-4-2-1-3-7-5-8(12(14)15)9(13)11-6-7/h5-6H,2,4H2,(H,11,13). The van der Waals surface area contributed by atoms with E-state index in [1.807, 2.05) is 0 Å². The highest BCUT2D eigenvalue weighted by Crippen LogP contribution is 2.04. The molecule has 0 unspecified atom stereocenters. The van der Waals surface area contributed by atoms with Crippen molar-refractivity contribution in [2.24, 2.45) is 0 Å². The number of aromatic amines is 1. The molecule has 0 saturated heterocycles. The van der Waals surface area contributed by atoms with E-state index < -0.39 is 16.2 Å². The van der Waals surface area contributed by atoms with E-state index in [4.69, 9.17) is 0 Å². The second-order valence-electron chi connectivity index (χ2n) is 2.60. The maximum absolute atomic E-state index is 11.0. The summed E-state index contributed by atoms with van der Waals surface area (Å²) in [6.07, 6.45) is 2.00. The van der Waals surface area contributed by atoms with E-state index in [9.17, 15) is 14.9 Å². The normalized spacial score (nSPS) is 9.13. The Bertz CT molecular complexity index is 484. The molecule has 1 aromatic heterocycles.